The third kappa shape index (κ3) is 4.43. The lowest BCUT2D eigenvalue weighted by atomic mass is 10.2. The van der Waals surface area contributed by atoms with E-state index < -0.39 is 11.7 Å². The van der Waals surface area contributed by atoms with Gasteiger partial charge in [0.25, 0.3) is 11.3 Å². The van der Waals surface area contributed by atoms with E-state index >= 15 is 0 Å². The molecule has 6 nitrogen and oxygen atoms in total. The molecule has 2 aromatic heterocycles. The van der Waals surface area contributed by atoms with Crippen LogP contribution in [0.1, 0.15) is 27.7 Å². The maximum atomic E-state index is 13.0. The molecule has 0 unspecified atom stereocenters. The third-order valence-corrected chi connectivity index (χ3v) is 6.12. The fourth-order valence-electron chi connectivity index (χ4n) is 2.86. The predicted octanol–water partition coefficient (Wildman–Crippen LogP) is 4.31. The highest BCUT2D eigenvalue weighted by atomic mass is 32.2. The molecule has 0 saturated heterocycles. The highest BCUT2D eigenvalue weighted by Crippen LogP contribution is 2.34. The van der Waals surface area contributed by atoms with Gasteiger partial charge < -0.3 is 9.47 Å². The molecule has 0 fully saturated rings. The van der Waals surface area contributed by atoms with Crippen molar-refractivity contribution in [2.45, 2.75) is 31.0 Å². The summed E-state index contributed by atoms with van der Waals surface area (Å²) in [6.45, 7) is 3.83. The first-order chi connectivity index (χ1) is 13.8. The molecule has 0 N–H and O–H groups in total. The molecule has 3 aromatic rings. The van der Waals surface area contributed by atoms with Gasteiger partial charge in [0.05, 0.1) is 36.9 Å². The molecular weight excluding hydrogens is 422 g/mol. The Labute approximate surface area is 173 Å². The zero-order valence-corrected chi connectivity index (χ0v) is 17.5. The Kier molecular flexibility index (Phi) is 6.53. The summed E-state index contributed by atoms with van der Waals surface area (Å²) in [6.07, 6.45) is 1.41. The SMILES string of the molecule is CCOC(=O)c1sc2ncn(Cc3ccc(SC(F)F)c(OC)c3)c(=O)c2c1C. The van der Waals surface area contributed by atoms with Crippen molar-refractivity contribution in [1.82, 2.24) is 9.55 Å². The van der Waals surface area contributed by atoms with Crippen molar-refractivity contribution >= 4 is 39.3 Å². The Balaban J connectivity index is 1.97. The van der Waals surface area contributed by atoms with Crippen molar-refractivity contribution in [3.8, 4) is 5.75 Å². The van der Waals surface area contributed by atoms with Gasteiger partial charge in [0.15, 0.2) is 0 Å². The van der Waals surface area contributed by atoms with Gasteiger partial charge >= 0.3 is 5.97 Å². The minimum absolute atomic E-state index is 0.182. The van der Waals surface area contributed by atoms with E-state index in [0.717, 1.165) is 11.3 Å². The third-order valence-electron chi connectivity index (χ3n) is 4.18. The van der Waals surface area contributed by atoms with Gasteiger partial charge in [-0.25, -0.2) is 9.78 Å². The van der Waals surface area contributed by atoms with Crippen LogP contribution in [-0.2, 0) is 11.3 Å². The molecule has 0 saturated carbocycles. The molecule has 0 atom stereocenters. The van der Waals surface area contributed by atoms with E-state index in [2.05, 4.69) is 4.98 Å². The molecule has 2 heterocycles. The fourth-order valence-corrected chi connectivity index (χ4v) is 4.49. The topological polar surface area (TPSA) is 70.4 Å². The Morgan fingerprint density at radius 3 is 2.79 bits per heavy atom. The van der Waals surface area contributed by atoms with E-state index in [1.807, 2.05) is 0 Å². The first-order valence-electron chi connectivity index (χ1n) is 8.63. The number of fused-ring (bicyclic) bond motifs is 1. The van der Waals surface area contributed by atoms with E-state index in [9.17, 15) is 18.4 Å². The highest BCUT2D eigenvalue weighted by Gasteiger charge is 2.20. The number of methoxy groups -OCH3 is 1. The maximum Gasteiger partial charge on any atom is 0.348 e. The lowest BCUT2D eigenvalue weighted by Crippen LogP contribution is -2.21. The van der Waals surface area contributed by atoms with Gasteiger partial charge in [0, 0.05) is 0 Å². The van der Waals surface area contributed by atoms with Crippen LogP contribution in [0.3, 0.4) is 0 Å². The van der Waals surface area contributed by atoms with Crippen molar-refractivity contribution in [2.75, 3.05) is 13.7 Å². The molecule has 154 valence electrons. The number of aromatic nitrogens is 2. The molecule has 0 bridgehead atoms. The zero-order chi connectivity index (χ0) is 21.1. The van der Waals surface area contributed by atoms with Crippen LogP contribution in [0, 0.1) is 6.92 Å². The number of thioether (sulfide) groups is 1. The van der Waals surface area contributed by atoms with E-state index in [1.165, 1.54) is 24.1 Å². The molecule has 0 radical (unpaired) electrons. The van der Waals surface area contributed by atoms with Crippen LogP contribution in [0.15, 0.2) is 34.2 Å². The second-order valence-electron chi connectivity index (χ2n) is 6.00. The first-order valence-corrected chi connectivity index (χ1v) is 10.3. The summed E-state index contributed by atoms with van der Waals surface area (Å²) in [5, 5.41) is 0.373. The van der Waals surface area contributed by atoms with Crippen molar-refractivity contribution in [3.63, 3.8) is 0 Å². The molecule has 29 heavy (non-hydrogen) atoms. The number of esters is 1. The number of halogens is 2. The molecule has 0 aliphatic heterocycles. The van der Waals surface area contributed by atoms with Gasteiger partial charge in [-0.05, 0) is 37.1 Å². The number of hydrogen-bond acceptors (Lipinski definition) is 7. The number of rotatable bonds is 7. The van der Waals surface area contributed by atoms with Gasteiger partial charge in [0.1, 0.15) is 15.5 Å². The Hall–Kier alpha value is -2.46. The van der Waals surface area contributed by atoms with Crippen LogP contribution in [-0.4, -0.2) is 35.0 Å². The monoisotopic (exact) mass is 440 g/mol. The smallest absolute Gasteiger partial charge is 0.348 e. The van der Waals surface area contributed by atoms with Gasteiger partial charge in [-0.15, -0.1) is 11.3 Å². The second-order valence-corrected chi connectivity index (χ2v) is 8.03. The molecule has 1 aromatic carbocycles. The number of benzene rings is 1. The van der Waals surface area contributed by atoms with Crippen LogP contribution in [0.25, 0.3) is 10.2 Å². The van der Waals surface area contributed by atoms with Crippen LogP contribution in [0.5, 0.6) is 5.75 Å². The average Bonchev–Trinajstić information content (AvgIpc) is 3.02. The molecule has 0 aliphatic rings. The van der Waals surface area contributed by atoms with Gasteiger partial charge in [-0.1, -0.05) is 17.8 Å². The largest absolute Gasteiger partial charge is 0.496 e. The van der Waals surface area contributed by atoms with E-state index in [1.54, 1.807) is 26.0 Å². The van der Waals surface area contributed by atoms with Crippen molar-refractivity contribution < 1.29 is 23.0 Å². The number of aryl methyl sites for hydroxylation is 1. The van der Waals surface area contributed by atoms with Gasteiger partial charge in [0.2, 0.25) is 0 Å². The van der Waals surface area contributed by atoms with Crippen molar-refractivity contribution in [1.29, 1.82) is 0 Å². The van der Waals surface area contributed by atoms with Crippen molar-refractivity contribution in [2.24, 2.45) is 0 Å². The van der Waals surface area contributed by atoms with Crippen LogP contribution in [0.4, 0.5) is 8.78 Å². The van der Waals surface area contributed by atoms with Crippen LogP contribution < -0.4 is 10.3 Å². The lowest BCUT2D eigenvalue weighted by molar-refractivity contribution is 0.0531. The Morgan fingerprint density at radius 2 is 2.14 bits per heavy atom. The maximum absolute atomic E-state index is 13.0. The Bertz CT molecular complexity index is 1110. The Morgan fingerprint density at radius 1 is 1.38 bits per heavy atom. The minimum atomic E-state index is -2.56. The number of carbonyl (C=O) groups excluding carboxylic acids is 1. The molecule has 3 rings (SSSR count). The van der Waals surface area contributed by atoms with E-state index in [0.29, 0.717) is 48.6 Å². The summed E-state index contributed by atoms with van der Waals surface area (Å²) in [4.78, 5) is 30.5. The summed E-state index contributed by atoms with van der Waals surface area (Å²) in [5.41, 5.74) is 0.947. The molecule has 0 spiro atoms. The molecule has 0 amide bonds. The van der Waals surface area contributed by atoms with Gasteiger partial charge in [-0.2, -0.15) is 8.78 Å². The first kappa shape index (κ1) is 21.3. The number of nitrogens with zero attached hydrogens (tertiary/aromatic N) is 2. The quantitative estimate of drug-likeness (QED) is 0.403. The number of hydrogen-bond donors (Lipinski definition) is 0. The fraction of sp³-hybridized carbons (Fsp3) is 0.316. The second kappa shape index (κ2) is 8.91. The molecule has 10 heteroatoms. The van der Waals surface area contributed by atoms with Crippen LogP contribution >= 0.6 is 23.1 Å². The predicted molar refractivity (Wildman–Crippen MR) is 109 cm³/mol. The molecule has 0 aliphatic carbocycles. The minimum Gasteiger partial charge on any atom is -0.496 e. The number of thiophene rings is 1. The van der Waals surface area contributed by atoms with E-state index in [-0.39, 0.29) is 18.7 Å². The summed E-state index contributed by atoms with van der Waals surface area (Å²) >= 11 is 1.52. The zero-order valence-electron chi connectivity index (χ0n) is 15.9. The normalized spacial score (nSPS) is 11.2. The van der Waals surface area contributed by atoms with Gasteiger partial charge in [-0.3, -0.25) is 9.36 Å². The van der Waals surface area contributed by atoms with Crippen LogP contribution in [0.2, 0.25) is 0 Å². The highest BCUT2D eigenvalue weighted by molar-refractivity contribution is 7.99. The summed E-state index contributed by atoms with van der Waals surface area (Å²) in [7, 11) is 1.40. The molecular formula is C19H18F2N2O4S2. The number of alkyl halides is 2. The lowest BCUT2D eigenvalue weighted by Gasteiger charge is -2.11. The summed E-state index contributed by atoms with van der Waals surface area (Å²) in [5.74, 6) is -2.72. The van der Waals surface area contributed by atoms with Crippen molar-refractivity contribution in [3.05, 3.63) is 50.9 Å². The summed E-state index contributed by atoms with van der Waals surface area (Å²) < 4.78 is 36.9. The average molecular weight is 440 g/mol. The number of carbonyl (C=O) groups is 1. The standard InChI is InChI=1S/C19H18F2N2O4S2/c1-4-27-18(25)15-10(2)14-16(29-15)22-9-23(17(14)24)8-11-5-6-13(28-19(20)21)12(7-11)26-3/h5-7,9,19H,4,8H2,1-3H3. The number of ether oxygens (including phenoxy) is 2. The van der Waals surface area contributed by atoms with E-state index in [4.69, 9.17) is 9.47 Å². The summed E-state index contributed by atoms with van der Waals surface area (Å²) in [6, 6.07) is 4.82.